The number of aromatic nitrogens is 2. The third-order valence-corrected chi connectivity index (χ3v) is 6.80. The van der Waals surface area contributed by atoms with Crippen molar-refractivity contribution in [2.75, 3.05) is 44.2 Å². The first kappa shape index (κ1) is 33.4. The predicted molar refractivity (Wildman–Crippen MR) is 159 cm³/mol. The minimum absolute atomic E-state index is 0.230. The Balaban J connectivity index is 0.000000275. The summed E-state index contributed by atoms with van der Waals surface area (Å²) in [7, 11) is 0. The molecule has 1 saturated heterocycles. The maximum Gasteiger partial charge on any atom is 0.328 e. The topological polar surface area (TPSA) is 188 Å². The molecule has 2 aliphatic heterocycles. The lowest BCUT2D eigenvalue weighted by Gasteiger charge is -2.35. The van der Waals surface area contributed by atoms with Crippen LogP contribution in [0.25, 0.3) is 10.9 Å². The van der Waals surface area contributed by atoms with E-state index >= 15 is 0 Å². The highest BCUT2D eigenvalue weighted by Crippen LogP contribution is 2.26. The zero-order valence-corrected chi connectivity index (χ0v) is 24.0. The van der Waals surface area contributed by atoms with Crippen LogP contribution in [0.3, 0.4) is 0 Å². The Bertz CT molecular complexity index is 1480. The zero-order chi connectivity index (χ0) is 32.2. The minimum Gasteiger partial charge on any atom is -0.478 e. The standard InChI is InChI=1S/C22H26FN5.2C4H4O4/c1-16-2-3-17-14-27(15-18(17)12-16)7-6-26-8-10-28(11-9-26)22-20-5-4-19(23)13-21(20)24-25-22;2*5-3(6)1-2-4(7)8/h2-5,12-13H,6-11,14-15H2,1H3,(H,24,25);2*1-2H,(H,5,6)(H,7,8). The fourth-order valence-corrected chi connectivity index (χ4v) is 4.72. The summed E-state index contributed by atoms with van der Waals surface area (Å²) >= 11 is 0. The highest BCUT2D eigenvalue weighted by atomic mass is 19.1. The summed E-state index contributed by atoms with van der Waals surface area (Å²) in [4.78, 5) is 45.6. The third-order valence-electron chi connectivity index (χ3n) is 6.80. The molecule has 2 aliphatic rings. The van der Waals surface area contributed by atoms with E-state index in [-0.39, 0.29) is 5.82 Å². The molecule has 0 radical (unpaired) electrons. The molecule has 3 heterocycles. The number of nitrogens with zero attached hydrogens (tertiary/aromatic N) is 4. The van der Waals surface area contributed by atoms with E-state index < -0.39 is 23.9 Å². The molecule has 0 spiro atoms. The Labute approximate surface area is 252 Å². The van der Waals surface area contributed by atoms with Crippen molar-refractivity contribution in [2.24, 2.45) is 0 Å². The number of hydrogen-bond donors (Lipinski definition) is 5. The summed E-state index contributed by atoms with van der Waals surface area (Å²) < 4.78 is 13.4. The number of aliphatic carboxylic acids is 4. The molecule has 0 saturated carbocycles. The van der Waals surface area contributed by atoms with Gasteiger partial charge in [0.25, 0.3) is 0 Å². The summed E-state index contributed by atoms with van der Waals surface area (Å²) in [6.45, 7) is 10.5. The predicted octanol–water partition coefficient (Wildman–Crippen LogP) is 2.57. The smallest absolute Gasteiger partial charge is 0.328 e. The molecule has 5 rings (SSSR count). The molecule has 1 fully saturated rings. The van der Waals surface area contributed by atoms with Crippen LogP contribution in [-0.4, -0.2) is 104 Å². The van der Waals surface area contributed by atoms with Gasteiger partial charge in [0.05, 0.1) is 5.52 Å². The molecule has 1 aromatic heterocycles. The van der Waals surface area contributed by atoms with E-state index in [9.17, 15) is 23.6 Å². The number of carboxylic acids is 4. The summed E-state index contributed by atoms with van der Waals surface area (Å²) in [5, 5.41) is 39.6. The van der Waals surface area contributed by atoms with Crippen LogP contribution in [-0.2, 0) is 32.3 Å². The fraction of sp³-hybridized carbons (Fsp3) is 0.300. The van der Waals surface area contributed by atoms with Gasteiger partial charge in [-0.3, -0.25) is 14.9 Å². The average Bonchev–Trinajstić information content (AvgIpc) is 3.58. The van der Waals surface area contributed by atoms with Gasteiger partial charge < -0.3 is 25.3 Å². The molecule has 14 heteroatoms. The van der Waals surface area contributed by atoms with Gasteiger partial charge in [-0.25, -0.2) is 23.6 Å². The monoisotopic (exact) mass is 611 g/mol. The van der Waals surface area contributed by atoms with E-state index in [4.69, 9.17) is 20.4 Å². The number of rotatable bonds is 8. The Kier molecular flexibility index (Phi) is 12.1. The first-order chi connectivity index (χ1) is 20.9. The Morgan fingerprint density at radius 3 is 1.89 bits per heavy atom. The number of H-pyrrole nitrogens is 1. The lowest BCUT2D eigenvalue weighted by molar-refractivity contribution is -0.134. The molecule has 234 valence electrons. The second-order valence-electron chi connectivity index (χ2n) is 10.1. The molecule has 44 heavy (non-hydrogen) atoms. The summed E-state index contributed by atoms with van der Waals surface area (Å²) in [5.74, 6) is -4.31. The minimum atomic E-state index is -1.26. The van der Waals surface area contributed by atoms with Gasteiger partial charge in [-0.15, -0.1) is 0 Å². The van der Waals surface area contributed by atoms with Gasteiger partial charge >= 0.3 is 23.9 Å². The number of nitrogens with one attached hydrogen (secondary N) is 1. The van der Waals surface area contributed by atoms with Crippen LogP contribution in [0.2, 0.25) is 0 Å². The van der Waals surface area contributed by atoms with Crippen LogP contribution in [0.4, 0.5) is 10.2 Å². The van der Waals surface area contributed by atoms with Crippen LogP contribution >= 0.6 is 0 Å². The fourth-order valence-electron chi connectivity index (χ4n) is 4.72. The first-order valence-corrected chi connectivity index (χ1v) is 13.6. The maximum absolute atomic E-state index is 13.4. The lowest BCUT2D eigenvalue weighted by Crippen LogP contribution is -2.48. The molecule has 0 bridgehead atoms. The molecular formula is C30H34FN5O8. The Morgan fingerprint density at radius 2 is 1.32 bits per heavy atom. The zero-order valence-electron chi connectivity index (χ0n) is 24.0. The van der Waals surface area contributed by atoms with Crippen LogP contribution in [0.1, 0.15) is 16.7 Å². The molecular weight excluding hydrogens is 577 g/mol. The van der Waals surface area contributed by atoms with E-state index in [1.807, 2.05) is 6.07 Å². The molecule has 0 atom stereocenters. The van der Waals surface area contributed by atoms with Gasteiger partial charge in [0.15, 0.2) is 5.82 Å². The number of anilines is 1. The Hall–Kier alpha value is -5.08. The maximum atomic E-state index is 13.4. The van der Waals surface area contributed by atoms with Crippen molar-refractivity contribution in [2.45, 2.75) is 20.0 Å². The van der Waals surface area contributed by atoms with Crippen LogP contribution < -0.4 is 4.90 Å². The molecule has 2 aromatic carbocycles. The van der Waals surface area contributed by atoms with E-state index in [1.165, 1.54) is 28.8 Å². The third kappa shape index (κ3) is 10.6. The van der Waals surface area contributed by atoms with Gasteiger partial charge in [0.2, 0.25) is 0 Å². The summed E-state index contributed by atoms with van der Waals surface area (Å²) in [6, 6.07) is 11.7. The second kappa shape index (κ2) is 16.0. The second-order valence-corrected chi connectivity index (χ2v) is 10.1. The number of aromatic amines is 1. The van der Waals surface area contributed by atoms with Gasteiger partial charge in [-0.05, 0) is 36.2 Å². The molecule has 0 aliphatic carbocycles. The summed E-state index contributed by atoms with van der Waals surface area (Å²) in [6.07, 6.45) is 2.23. The normalized spacial score (nSPS) is 15.0. The van der Waals surface area contributed by atoms with Crippen LogP contribution in [0.5, 0.6) is 0 Å². The largest absolute Gasteiger partial charge is 0.478 e. The van der Waals surface area contributed by atoms with E-state index in [2.05, 4.69) is 50.0 Å². The van der Waals surface area contributed by atoms with E-state index in [0.29, 0.717) is 24.3 Å². The van der Waals surface area contributed by atoms with Crippen LogP contribution in [0.15, 0.2) is 60.7 Å². The van der Waals surface area contributed by atoms with E-state index in [1.54, 1.807) is 0 Å². The highest BCUT2D eigenvalue weighted by molar-refractivity contribution is 5.91. The SMILES string of the molecule is Cc1ccc2c(c1)CN(CCN1CCN(c3n[nH]c4cc(F)ccc34)CC1)C2.O=C(O)C=CC(=O)O.O=C(O)C=CC(=O)O. The highest BCUT2D eigenvalue weighted by Gasteiger charge is 2.23. The summed E-state index contributed by atoms with van der Waals surface area (Å²) in [5.41, 5.74) is 5.09. The Morgan fingerprint density at radius 1 is 0.773 bits per heavy atom. The number of piperazine rings is 1. The molecule has 13 nitrogen and oxygen atoms in total. The van der Waals surface area contributed by atoms with Gasteiger partial charge in [-0.1, -0.05) is 23.8 Å². The van der Waals surface area contributed by atoms with Crippen molar-refractivity contribution in [3.63, 3.8) is 0 Å². The van der Waals surface area contributed by atoms with Gasteiger partial charge in [-0.2, -0.15) is 5.10 Å². The number of halogens is 1. The number of fused-ring (bicyclic) bond motifs is 2. The number of benzene rings is 2. The number of hydrogen-bond acceptors (Lipinski definition) is 8. The number of carboxylic acid groups (broad SMARTS) is 4. The molecule has 3 aromatic rings. The average molecular weight is 612 g/mol. The lowest BCUT2D eigenvalue weighted by atomic mass is 10.1. The van der Waals surface area contributed by atoms with Crippen molar-refractivity contribution >= 4 is 40.6 Å². The number of aryl methyl sites for hydroxylation is 1. The van der Waals surface area contributed by atoms with Gasteiger partial charge in [0.1, 0.15) is 5.82 Å². The van der Waals surface area contributed by atoms with Crippen molar-refractivity contribution in [1.29, 1.82) is 0 Å². The number of carbonyl (C=O) groups is 4. The molecule has 5 N–H and O–H groups in total. The van der Waals surface area contributed by atoms with Crippen molar-refractivity contribution in [1.82, 2.24) is 20.0 Å². The first-order valence-electron chi connectivity index (χ1n) is 13.6. The van der Waals surface area contributed by atoms with E-state index in [0.717, 1.165) is 69.1 Å². The van der Waals surface area contributed by atoms with Gasteiger partial charge in [0, 0.05) is 82.0 Å². The van der Waals surface area contributed by atoms with Crippen molar-refractivity contribution < 1.29 is 44.0 Å². The molecule has 0 amide bonds. The van der Waals surface area contributed by atoms with Crippen LogP contribution in [0, 0.1) is 12.7 Å². The van der Waals surface area contributed by atoms with Crippen molar-refractivity contribution in [3.8, 4) is 0 Å². The van der Waals surface area contributed by atoms with Crippen molar-refractivity contribution in [3.05, 3.63) is 83.2 Å². The quantitative estimate of drug-likeness (QED) is 0.235. The molecule has 0 unspecified atom stereocenters.